The van der Waals surface area contributed by atoms with Crippen molar-refractivity contribution in [3.63, 3.8) is 0 Å². The third kappa shape index (κ3) is 3.87. The van der Waals surface area contributed by atoms with Crippen molar-refractivity contribution < 1.29 is 19.4 Å². The predicted octanol–water partition coefficient (Wildman–Crippen LogP) is 3.30. The molecule has 0 amide bonds. The maximum atomic E-state index is 11.6. The number of benzene rings is 2. The Morgan fingerprint density at radius 1 is 1.05 bits per heavy atom. The van der Waals surface area contributed by atoms with Crippen molar-refractivity contribution in [1.82, 2.24) is 0 Å². The highest BCUT2D eigenvalue weighted by Gasteiger charge is 2.15. The van der Waals surface area contributed by atoms with Gasteiger partial charge >= 0.3 is 0 Å². The first kappa shape index (κ1) is 16.1. The standard InChI is InChI=1S/C18H18O4/c1-12(19)15-7-5-6-14(10-15)11-22-18(21)17-9-4-3-8-16(17)13(2)20/h3-10,18,21H,11H2,1-2H3. The number of aliphatic hydroxyl groups excluding tert-OH is 1. The number of carbonyl (C=O) groups excluding carboxylic acids is 2. The first-order valence-corrected chi connectivity index (χ1v) is 6.98. The molecule has 0 bridgehead atoms. The molecule has 4 heteroatoms. The van der Waals surface area contributed by atoms with Gasteiger partial charge in [0.05, 0.1) is 6.61 Å². The van der Waals surface area contributed by atoms with E-state index in [4.69, 9.17) is 4.74 Å². The van der Waals surface area contributed by atoms with Gasteiger partial charge in [-0.05, 0) is 25.5 Å². The number of aliphatic hydroxyl groups is 1. The van der Waals surface area contributed by atoms with E-state index < -0.39 is 6.29 Å². The van der Waals surface area contributed by atoms with Crippen LogP contribution < -0.4 is 0 Å². The Bertz CT molecular complexity index is 691. The molecule has 1 N–H and O–H groups in total. The van der Waals surface area contributed by atoms with Crippen LogP contribution >= 0.6 is 0 Å². The summed E-state index contributed by atoms with van der Waals surface area (Å²) >= 11 is 0. The lowest BCUT2D eigenvalue weighted by Crippen LogP contribution is -2.09. The number of carbonyl (C=O) groups is 2. The summed E-state index contributed by atoms with van der Waals surface area (Å²) in [6.07, 6.45) is -1.19. The van der Waals surface area contributed by atoms with E-state index in [1.165, 1.54) is 13.8 Å². The lowest BCUT2D eigenvalue weighted by molar-refractivity contribution is -0.112. The summed E-state index contributed by atoms with van der Waals surface area (Å²) in [5.74, 6) is -0.152. The maximum Gasteiger partial charge on any atom is 0.182 e. The van der Waals surface area contributed by atoms with Crippen LogP contribution in [0.1, 0.15) is 52.0 Å². The first-order chi connectivity index (χ1) is 10.5. The Labute approximate surface area is 129 Å². The second kappa shape index (κ2) is 7.11. The van der Waals surface area contributed by atoms with Gasteiger partial charge in [0.1, 0.15) is 0 Å². The van der Waals surface area contributed by atoms with Crippen molar-refractivity contribution in [2.45, 2.75) is 26.7 Å². The largest absolute Gasteiger partial charge is 0.364 e. The van der Waals surface area contributed by atoms with E-state index in [0.717, 1.165) is 5.56 Å². The van der Waals surface area contributed by atoms with Crippen LogP contribution in [-0.2, 0) is 11.3 Å². The van der Waals surface area contributed by atoms with Gasteiger partial charge in [-0.25, -0.2) is 0 Å². The zero-order valence-electron chi connectivity index (χ0n) is 12.6. The lowest BCUT2D eigenvalue weighted by Gasteiger charge is -2.15. The second-order valence-electron chi connectivity index (χ2n) is 5.06. The minimum atomic E-state index is -1.19. The first-order valence-electron chi connectivity index (χ1n) is 6.98. The van der Waals surface area contributed by atoms with Crippen LogP contribution in [0, 0.1) is 0 Å². The number of Topliss-reactive ketones (excluding diaryl/α,β-unsaturated/α-hetero) is 2. The Morgan fingerprint density at radius 3 is 2.45 bits per heavy atom. The van der Waals surface area contributed by atoms with Gasteiger partial charge in [0.25, 0.3) is 0 Å². The molecule has 0 aliphatic rings. The number of hydrogen-bond acceptors (Lipinski definition) is 4. The third-order valence-corrected chi connectivity index (χ3v) is 3.35. The van der Waals surface area contributed by atoms with Crippen LogP contribution in [0.15, 0.2) is 48.5 Å². The molecule has 0 radical (unpaired) electrons. The van der Waals surface area contributed by atoms with Gasteiger partial charge in [0.15, 0.2) is 17.9 Å². The van der Waals surface area contributed by atoms with E-state index in [0.29, 0.717) is 16.7 Å². The molecular formula is C18H18O4. The van der Waals surface area contributed by atoms with Crippen LogP contribution in [0.25, 0.3) is 0 Å². The lowest BCUT2D eigenvalue weighted by atomic mass is 10.0. The Kier molecular flexibility index (Phi) is 5.20. The molecule has 2 aromatic rings. The van der Waals surface area contributed by atoms with Crippen molar-refractivity contribution in [2.24, 2.45) is 0 Å². The van der Waals surface area contributed by atoms with Gasteiger partial charge < -0.3 is 9.84 Å². The fourth-order valence-corrected chi connectivity index (χ4v) is 2.18. The molecule has 0 spiro atoms. The minimum Gasteiger partial charge on any atom is -0.364 e. The molecule has 0 fully saturated rings. The molecule has 22 heavy (non-hydrogen) atoms. The molecule has 2 rings (SSSR count). The van der Waals surface area contributed by atoms with Crippen LogP contribution in [0.3, 0.4) is 0 Å². The van der Waals surface area contributed by atoms with E-state index in [1.807, 2.05) is 6.07 Å². The Morgan fingerprint density at radius 2 is 1.77 bits per heavy atom. The smallest absolute Gasteiger partial charge is 0.182 e. The van der Waals surface area contributed by atoms with Crippen LogP contribution in [-0.4, -0.2) is 16.7 Å². The highest BCUT2D eigenvalue weighted by atomic mass is 16.6. The normalized spacial score (nSPS) is 12.0. The van der Waals surface area contributed by atoms with Crippen molar-refractivity contribution >= 4 is 11.6 Å². The fraction of sp³-hybridized carbons (Fsp3) is 0.222. The molecule has 0 saturated carbocycles. The van der Waals surface area contributed by atoms with E-state index in [9.17, 15) is 14.7 Å². The number of ketones is 2. The predicted molar refractivity (Wildman–Crippen MR) is 82.6 cm³/mol. The molecule has 1 unspecified atom stereocenters. The van der Waals surface area contributed by atoms with Crippen LogP contribution in [0.2, 0.25) is 0 Å². The molecule has 0 aromatic heterocycles. The SMILES string of the molecule is CC(=O)c1cccc(COC(O)c2ccccc2C(C)=O)c1. The number of hydrogen-bond donors (Lipinski definition) is 1. The summed E-state index contributed by atoms with van der Waals surface area (Å²) in [6.45, 7) is 3.09. The molecule has 4 nitrogen and oxygen atoms in total. The molecule has 0 heterocycles. The van der Waals surface area contributed by atoms with Gasteiger partial charge in [-0.3, -0.25) is 9.59 Å². The summed E-state index contributed by atoms with van der Waals surface area (Å²) in [5, 5.41) is 10.1. The van der Waals surface area contributed by atoms with Crippen molar-refractivity contribution in [2.75, 3.05) is 0 Å². The van der Waals surface area contributed by atoms with Crippen molar-refractivity contribution in [1.29, 1.82) is 0 Å². The van der Waals surface area contributed by atoms with Crippen LogP contribution in [0.4, 0.5) is 0 Å². The quantitative estimate of drug-likeness (QED) is 0.656. The number of ether oxygens (including phenoxy) is 1. The molecule has 0 saturated heterocycles. The van der Waals surface area contributed by atoms with Gasteiger partial charge in [-0.1, -0.05) is 42.5 Å². The zero-order valence-corrected chi connectivity index (χ0v) is 12.6. The summed E-state index contributed by atoms with van der Waals surface area (Å²) < 4.78 is 5.43. The summed E-state index contributed by atoms with van der Waals surface area (Å²) in [5.41, 5.74) is 2.26. The second-order valence-corrected chi connectivity index (χ2v) is 5.06. The molecular weight excluding hydrogens is 280 g/mol. The summed E-state index contributed by atoms with van der Waals surface area (Å²) in [4.78, 5) is 22.9. The maximum absolute atomic E-state index is 11.6. The molecule has 2 aromatic carbocycles. The van der Waals surface area contributed by atoms with E-state index in [2.05, 4.69) is 0 Å². The van der Waals surface area contributed by atoms with Gasteiger partial charge in [-0.2, -0.15) is 0 Å². The average molecular weight is 298 g/mol. The van der Waals surface area contributed by atoms with E-state index in [-0.39, 0.29) is 18.2 Å². The molecule has 0 aliphatic heterocycles. The molecule has 114 valence electrons. The van der Waals surface area contributed by atoms with Crippen molar-refractivity contribution in [3.8, 4) is 0 Å². The topological polar surface area (TPSA) is 63.6 Å². The average Bonchev–Trinajstić information content (AvgIpc) is 2.52. The monoisotopic (exact) mass is 298 g/mol. The third-order valence-electron chi connectivity index (χ3n) is 3.35. The number of rotatable bonds is 6. The van der Waals surface area contributed by atoms with Crippen LogP contribution in [0.5, 0.6) is 0 Å². The van der Waals surface area contributed by atoms with E-state index >= 15 is 0 Å². The van der Waals surface area contributed by atoms with Gasteiger partial charge in [0.2, 0.25) is 0 Å². The summed E-state index contributed by atoms with van der Waals surface area (Å²) in [6, 6.07) is 13.8. The summed E-state index contributed by atoms with van der Waals surface area (Å²) in [7, 11) is 0. The highest BCUT2D eigenvalue weighted by Crippen LogP contribution is 2.21. The van der Waals surface area contributed by atoms with E-state index in [1.54, 1.807) is 42.5 Å². The van der Waals surface area contributed by atoms with Gasteiger partial charge in [-0.15, -0.1) is 0 Å². The Balaban J connectivity index is 2.10. The molecule has 1 atom stereocenters. The minimum absolute atomic E-state index is 0.0238. The Hall–Kier alpha value is -2.30. The molecule has 0 aliphatic carbocycles. The highest BCUT2D eigenvalue weighted by molar-refractivity contribution is 5.95. The zero-order chi connectivity index (χ0) is 16.1. The van der Waals surface area contributed by atoms with Crippen molar-refractivity contribution in [3.05, 3.63) is 70.8 Å². The fourth-order valence-electron chi connectivity index (χ4n) is 2.18. The van der Waals surface area contributed by atoms with Gasteiger partial charge in [0, 0.05) is 16.7 Å².